The normalized spacial score (nSPS) is 11.4. The van der Waals surface area contributed by atoms with E-state index in [2.05, 4.69) is 4.98 Å². The van der Waals surface area contributed by atoms with Gasteiger partial charge in [0, 0.05) is 0 Å². The van der Waals surface area contributed by atoms with Crippen molar-refractivity contribution in [2.45, 2.75) is 6.61 Å². The van der Waals surface area contributed by atoms with Gasteiger partial charge in [0.05, 0.1) is 35.8 Å². The molecule has 0 aliphatic carbocycles. The third-order valence-corrected chi connectivity index (χ3v) is 3.59. The number of ether oxygens (including phenoxy) is 1. The predicted molar refractivity (Wildman–Crippen MR) is 63.0 cm³/mol. The first kappa shape index (κ1) is 9.62. The monoisotopic (exact) mass is 234 g/mol. The quantitative estimate of drug-likeness (QED) is 0.738. The van der Waals surface area contributed by atoms with E-state index in [0.717, 1.165) is 26.6 Å². The standard InChI is InChI=1S/C11H10N2O2S/c1-15-8-2-3-9-10(4-8)16-11-12-5-7(6-14)13(9)11/h2-5,14H,6H2,1H3. The van der Waals surface area contributed by atoms with Gasteiger partial charge in [-0.2, -0.15) is 0 Å². The second-order valence-corrected chi connectivity index (χ2v) is 4.47. The second kappa shape index (κ2) is 3.47. The first-order chi connectivity index (χ1) is 7.83. The number of nitrogens with zero attached hydrogens (tertiary/aromatic N) is 2. The summed E-state index contributed by atoms with van der Waals surface area (Å²) in [6.07, 6.45) is 1.70. The molecule has 4 nitrogen and oxygen atoms in total. The maximum Gasteiger partial charge on any atom is 0.194 e. The van der Waals surface area contributed by atoms with Crippen molar-refractivity contribution in [3.63, 3.8) is 0 Å². The highest BCUT2D eigenvalue weighted by Crippen LogP contribution is 2.30. The van der Waals surface area contributed by atoms with Crippen LogP contribution in [-0.2, 0) is 6.61 Å². The molecule has 0 spiro atoms. The zero-order valence-corrected chi connectivity index (χ0v) is 9.49. The number of aliphatic hydroxyl groups excluding tert-OH is 1. The molecule has 0 amide bonds. The van der Waals surface area contributed by atoms with Gasteiger partial charge in [0.15, 0.2) is 4.96 Å². The molecule has 0 fully saturated rings. The maximum absolute atomic E-state index is 9.22. The Morgan fingerprint density at radius 3 is 3.12 bits per heavy atom. The van der Waals surface area contributed by atoms with Crippen LogP contribution in [0, 0.1) is 0 Å². The fraction of sp³-hybridized carbons (Fsp3) is 0.182. The fourth-order valence-corrected chi connectivity index (χ4v) is 2.84. The molecule has 1 N–H and O–H groups in total. The average Bonchev–Trinajstić information content (AvgIpc) is 2.85. The zero-order valence-electron chi connectivity index (χ0n) is 8.67. The topological polar surface area (TPSA) is 46.8 Å². The SMILES string of the molecule is COc1ccc2c(c1)sc1ncc(CO)n12. The summed E-state index contributed by atoms with van der Waals surface area (Å²) < 4.78 is 8.26. The van der Waals surface area contributed by atoms with Crippen molar-refractivity contribution >= 4 is 26.5 Å². The average molecular weight is 234 g/mol. The van der Waals surface area contributed by atoms with Crippen molar-refractivity contribution in [3.05, 3.63) is 30.1 Å². The number of fused-ring (bicyclic) bond motifs is 3. The molecule has 0 radical (unpaired) electrons. The maximum atomic E-state index is 9.22. The van der Waals surface area contributed by atoms with Crippen LogP contribution >= 0.6 is 11.3 Å². The van der Waals surface area contributed by atoms with Crippen molar-refractivity contribution in [2.24, 2.45) is 0 Å². The zero-order chi connectivity index (χ0) is 11.1. The summed E-state index contributed by atoms with van der Waals surface area (Å²) in [6, 6.07) is 5.88. The second-order valence-electron chi connectivity index (χ2n) is 3.46. The summed E-state index contributed by atoms with van der Waals surface area (Å²) in [4.78, 5) is 5.16. The van der Waals surface area contributed by atoms with Gasteiger partial charge < -0.3 is 9.84 Å². The number of hydrogen-bond donors (Lipinski definition) is 1. The van der Waals surface area contributed by atoms with Gasteiger partial charge in [-0.15, -0.1) is 0 Å². The molecular weight excluding hydrogens is 224 g/mol. The highest BCUT2D eigenvalue weighted by Gasteiger charge is 2.10. The van der Waals surface area contributed by atoms with E-state index in [1.54, 1.807) is 24.6 Å². The largest absolute Gasteiger partial charge is 0.497 e. The number of aliphatic hydroxyl groups is 1. The third kappa shape index (κ3) is 1.22. The van der Waals surface area contributed by atoms with Gasteiger partial charge in [-0.05, 0) is 18.2 Å². The van der Waals surface area contributed by atoms with E-state index in [4.69, 9.17) is 4.74 Å². The lowest BCUT2D eigenvalue weighted by molar-refractivity contribution is 0.276. The van der Waals surface area contributed by atoms with Crippen LogP contribution in [0.2, 0.25) is 0 Å². The van der Waals surface area contributed by atoms with E-state index in [-0.39, 0.29) is 6.61 Å². The molecule has 0 unspecified atom stereocenters. The number of rotatable bonds is 2. The molecule has 0 saturated carbocycles. The summed E-state index contributed by atoms with van der Waals surface area (Å²) >= 11 is 1.59. The molecule has 5 heteroatoms. The number of hydrogen-bond acceptors (Lipinski definition) is 4. The molecular formula is C11H10N2O2S. The predicted octanol–water partition coefficient (Wildman–Crippen LogP) is 2.05. The highest BCUT2D eigenvalue weighted by atomic mass is 32.1. The molecule has 2 heterocycles. The van der Waals surface area contributed by atoms with Gasteiger partial charge in [-0.3, -0.25) is 4.40 Å². The van der Waals surface area contributed by atoms with Crippen molar-refractivity contribution < 1.29 is 9.84 Å². The third-order valence-electron chi connectivity index (χ3n) is 2.57. The van der Waals surface area contributed by atoms with Crippen LogP contribution in [0.4, 0.5) is 0 Å². The van der Waals surface area contributed by atoms with Gasteiger partial charge >= 0.3 is 0 Å². The molecule has 0 aliphatic heterocycles. The van der Waals surface area contributed by atoms with E-state index in [9.17, 15) is 5.11 Å². The van der Waals surface area contributed by atoms with Crippen molar-refractivity contribution in [1.29, 1.82) is 0 Å². The summed E-state index contributed by atoms with van der Waals surface area (Å²) in [6.45, 7) is -0.000963. The highest BCUT2D eigenvalue weighted by molar-refractivity contribution is 7.23. The minimum absolute atomic E-state index is 0.000963. The number of aromatic nitrogens is 2. The summed E-state index contributed by atoms with van der Waals surface area (Å²) in [5.41, 5.74) is 1.87. The first-order valence-corrected chi connectivity index (χ1v) is 5.69. The molecule has 1 aromatic carbocycles. The Morgan fingerprint density at radius 1 is 1.50 bits per heavy atom. The van der Waals surface area contributed by atoms with Crippen molar-refractivity contribution in [1.82, 2.24) is 9.38 Å². The van der Waals surface area contributed by atoms with Crippen LogP contribution < -0.4 is 4.74 Å². The van der Waals surface area contributed by atoms with Gasteiger partial charge in [0.25, 0.3) is 0 Å². The van der Waals surface area contributed by atoms with E-state index in [1.165, 1.54) is 0 Å². The van der Waals surface area contributed by atoms with Crippen LogP contribution in [0.5, 0.6) is 5.75 Å². The van der Waals surface area contributed by atoms with Crippen LogP contribution in [0.1, 0.15) is 5.69 Å². The van der Waals surface area contributed by atoms with Crippen LogP contribution in [-0.4, -0.2) is 21.6 Å². The Hall–Kier alpha value is -1.59. The van der Waals surface area contributed by atoms with Crippen LogP contribution in [0.25, 0.3) is 15.2 Å². The molecule has 16 heavy (non-hydrogen) atoms. The number of imidazole rings is 1. The summed E-state index contributed by atoms with van der Waals surface area (Å²) in [5, 5.41) is 9.22. The minimum Gasteiger partial charge on any atom is -0.497 e. The molecule has 0 bridgehead atoms. The molecule has 3 rings (SSSR count). The Balaban J connectivity index is 2.38. The number of methoxy groups -OCH3 is 1. The van der Waals surface area contributed by atoms with Crippen LogP contribution in [0.15, 0.2) is 24.4 Å². The van der Waals surface area contributed by atoms with E-state index in [1.807, 2.05) is 22.6 Å². The van der Waals surface area contributed by atoms with Crippen LogP contribution in [0.3, 0.4) is 0 Å². The van der Waals surface area contributed by atoms with E-state index in [0.29, 0.717) is 0 Å². The van der Waals surface area contributed by atoms with Gasteiger partial charge in [-0.1, -0.05) is 11.3 Å². The first-order valence-electron chi connectivity index (χ1n) is 4.87. The Morgan fingerprint density at radius 2 is 2.38 bits per heavy atom. The lowest BCUT2D eigenvalue weighted by atomic mass is 10.3. The smallest absolute Gasteiger partial charge is 0.194 e. The fourth-order valence-electron chi connectivity index (χ4n) is 1.80. The minimum atomic E-state index is -0.000963. The summed E-state index contributed by atoms with van der Waals surface area (Å²) in [7, 11) is 1.65. The Kier molecular flexibility index (Phi) is 2.08. The molecule has 0 atom stereocenters. The Labute approximate surface area is 95.7 Å². The molecule has 82 valence electrons. The van der Waals surface area contributed by atoms with E-state index < -0.39 is 0 Å². The van der Waals surface area contributed by atoms with Gasteiger partial charge in [-0.25, -0.2) is 4.98 Å². The molecule has 0 saturated heterocycles. The van der Waals surface area contributed by atoms with Gasteiger partial charge in [0.2, 0.25) is 0 Å². The molecule has 2 aromatic heterocycles. The Bertz CT molecular complexity index is 656. The number of benzene rings is 1. The van der Waals surface area contributed by atoms with Gasteiger partial charge in [0.1, 0.15) is 5.75 Å². The lowest BCUT2D eigenvalue weighted by Gasteiger charge is -1.99. The number of thiazole rings is 1. The lowest BCUT2D eigenvalue weighted by Crippen LogP contribution is -1.89. The van der Waals surface area contributed by atoms with E-state index >= 15 is 0 Å². The van der Waals surface area contributed by atoms with Crippen molar-refractivity contribution in [2.75, 3.05) is 7.11 Å². The molecule has 0 aliphatic rings. The molecule has 3 aromatic rings. The summed E-state index contributed by atoms with van der Waals surface area (Å²) in [5.74, 6) is 0.836. The van der Waals surface area contributed by atoms with Crippen molar-refractivity contribution in [3.8, 4) is 5.75 Å².